The van der Waals surface area contributed by atoms with Gasteiger partial charge in [-0.25, -0.2) is 0 Å². The number of ether oxygens (including phenoxy) is 1. The van der Waals surface area contributed by atoms with Gasteiger partial charge in [0.25, 0.3) is 0 Å². The number of nitrogens with zero attached hydrogens (tertiary/aromatic N) is 1. The molecule has 0 aromatic rings. The fraction of sp³-hybridized carbons (Fsp3) is 0.833. The summed E-state index contributed by atoms with van der Waals surface area (Å²) >= 11 is 0. The third-order valence-corrected chi connectivity index (χ3v) is 1.56. The Morgan fingerprint density at radius 3 is 3.10 bits per heavy atom. The van der Waals surface area contributed by atoms with Crippen LogP contribution in [0.5, 0.6) is 0 Å². The number of amides is 1. The van der Waals surface area contributed by atoms with Gasteiger partial charge in [-0.1, -0.05) is 0 Å². The normalized spacial score (nSPS) is 25.9. The molecule has 0 saturated carbocycles. The van der Waals surface area contributed by atoms with Crippen LogP contribution in [0.2, 0.25) is 0 Å². The molecule has 0 bridgehead atoms. The van der Waals surface area contributed by atoms with Gasteiger partial charge in [0.2, 0.25) is 6.41 Å². The summed E-state index contributed by atoms with van der Waals surface area (Å²) in [6.07, 6.45) is 0.859. The lowest BCUT2D eigenvalue weighted by molar-refractivity contribution is -0.121. The zero-order chi connectivity index (χ0) is 7.40. The molecule has 1 heterocycles. The van der Waals surface area contributed by atoms with Crippen LogP contribution in [0.1, 0.15) is 0 Å². The van der Waals surface area contributed by atoms with Crippen molar-refractivity contribution >= 4 is 6.41 Å². The van der Waals surface area contributed by atoms with Gasteiger partial charge in [-0.2, -0.15) is 0 Å². The first kappa shape index (κ1) is 7.50. The fourth-order valence-corrected chi connectivity index (χ4v) is 0.887. The summed E-state index contributed by atoms with van der Waals surface area (Å²) in [6.45, 7) is 2.15. The van der Waals surface area contributed by atoms with Gasteiger partial charge in [0.1, 0.15) is 6.17 Å². The van der Waals surface area contributed by atoms with Crippen LogP contribution in [0.25, 0.3) is 0 Å². The summed E-state index contributed by atoms with van der Waals surface area (Å²) < 4.78 is 5.14. The maximum absolute atomic E-state index is 10.2. The monoisotopic (exact) mass is 144 g/mol. The number of likely N-dealkylation sites (N-methyl/N-ethyl adjacent to an activating group) is 1. The van der Waals surface area contributed by atoms with Gasteiger partial charge in [-0.15, -0.1) is 0 Å². The van der Waals surface area contributed by atoms with Crippen LogP contribution < -0.4 is 5.32 Å². The summed E-state index contributed by atoms with van der Waals surface area (Å²) in [5, 5.41) is 3.14. The molecule has 0 radical (unpaired) electrons. The van der Waals surface area contributed by atoms with Crippen LogP contribution in [0.3, 0.4) is 0 Å². The fourth-order valence-electron chi connectivity index (χ4n) is 0.887. The highest BCUT2D eigenvalue weighted by molar-refractivity contribution is 5.46. The largest absolute Gasteiger partial charge is 0.377 e. The van der Waals surface area contributed by atoms with E-state index in [-0.39, 0.29) is 6.17 Å². The van der Waals surface area contributed by atoms with Gasteiger partial charge in [0, 0.05) is 13.6 Å². The Balaban J connectivity index is 2.30. The molecule has 0 spiro atoms. The summed E-state index contributed by atoms with van der Waals surface area (Å²) in [5.41, 5.74) is 0. The quantitative estimate of drug-likeness (QED) is 0.506. The smallest absolute Gasteiger partial charge is 0.210 e. The Labute approximate surface area is 60.1 Å². The molecule has 1 aliphatic heterocycles. The Morgan fingerprint density at radius 2 is 2.60 bits per heavy atom. The standard InChI is InChI=1S/C6H12N2O2/c1-8(5-9)6-4-10-3-2-7-6/h5-7H,2-4H2,1H3. The van der Waals surface area contributed by atoms with Crippen LogP contribution in [-0.4, -0.2) is 44.3 Å². The average molecular weight is 144 g/mol. The Bertz CT molecular complexity index is 112. The van der Waals surface area contributed by atoms with Gasteiger partial charge in [-0.05, 0) is 0 Å². The van der Waals surface area contributed by atoms with Crippen LogP contribution in [0, 0.1) is 0 Å². The minimum Gasteiger partial charge on any atom is -0.377 e. The lowest BCUT2D eigenvalue weighted by Crippen LogP contribution is -2.50. The van der Waals surface area contributed by atoms with Crippen molar-refractivity contribution in [2.45, 2.75) is 6.17 Å². The van der Waals surface area contributed by atoms with Crippen molar-refractivity contribution in [2.24, 2.45) is 0 Å². The second kappa shape index (κ2) is 3.53. The topological polar surface area (TPSA) is 41.6 Å². The number of hydrogen-bond acceptors (Lipinski definition) is 3. The number of morpholine rings is 1. The maximum atomic E-state index is 10.2. The SMILES string of the molecule is CN(C=O)C1COCCN1. The van der Waals surface area contributed by atoms with E-state index in [2.05, 4.69) is 5.32 Å². The molecule has 1 N–H and O–H groups in total. The van der Waals surface area contributed by atoms with E-state index in [1.807, 2.05) is 0 Å². The highest BCUT2D eigenvalue weighted by Gasteiger charge is 2.15. The zero-order valence-electron chi connectivity index (χ0n) is 6.04. The van der Waals surface area contributed by atoms with Gasteiger partial charge in [0.15, 0.2) is 0 Å². The molecule has 4 heteroatoms. The van der Waals surface area contributed by atoms with Crippen molar-refractivity contribution in [1.82, 2.24) is 10.2 Å². The van der Waals surface area contributed by atoms with E-state index < -0.39 is 0 Å². The number of rotatable bonds is 2. The first-order valence-corrected chi connectivity index (χ1v) is 3.33. The molecular formula is C6H12N2O2. The van der Waals surface area contributed by atoms with Crippen LogP contribution in [0.4, 0.5) is 0 Å². The van der Waals surface area contributed by atoms with E-state index in [0.717, 1.165) is 19.6 Å². The number of hydrogen-bond donors (Lipinski definition) is 1. The predicted molar refractivity (Wildman–Crippen MR) is 36.4 cm³/mol. The Morgan fingerprint density at radius 1 is 1.80 bits per heavy atom. The maximum Gasteiger partial charge on any atom is 0.210 e. The summed E-state index contributed by atoms with van der Waals surface area (Å²) in [7, 11) is 1.74. The lowest BCUT2D eigenvalue weighted by Gasteiger charge is -2.29. The van der Waals surface area contributed by atoms with Gasteiger partial charge >= 0.3 is 0 Å². The molecule has 4 nitrogen and oxygen atoms in total. The van der Waals surface area contributed by atoms with E-state index in [1.54, 1.807) is 11.9 Å². The number of nitrogens with one attached hydrogen (secondary N) is 1. The van der Waals surface area contributed by atoms with E-state index >= 15 is 0 Å². The van der Waals surface area contributed by atoms with Crippen LogP contribution >= 0.6 is 0 Å². The molecule has 58 valence electrons. The molecular weight excluding hydrogens is 132 g/mol. The van der Waals surface area contributed by atoms with E-state index in [9.17, 15) is 4.79 Å². The second-order valence-electron chi connectivity index (χ2n) is 2.32. The van der Waals surface area contributed by atoms with Gasteiger partial charge in [-0.3, -0.25) is 10.1 Å². The van der Waals surface area contributed by atoms with E-state index in [1.165, 1.54) is 0 Å². The zero-order valence-corrected chi connectivity index (χ0v) is 6.04. The minimum absolute atomic E-state index is 0.0613. The summed E-state index contributed by atoms with van der Waals surface area (Å²) in [6, 6.07) is 0. The molecule has 0 aromatic heterocycles. The summed E-state index contributed by atoms with van der Waals surface area (Å²) in [5.74, 6) is 0. The van der Waals surface area contributed by atoms with Crippen molar-refractivity contribution in [3.05, 3.63) is 0 Å². The molecule has 10 heavy (non-hydrogen) atoms. The van der Waals surface area contributed by atoms with Crippen molar-refractivity contribution in [1.29, 1.82) is 0 Å². The molecule has 1 fully saturated rings. The molecule has 1 rings (SSSR count). The van der Waals surface area contributed by atoms with Crippen LogP contribution in [0.15, 0.2) is 0 Å². The first-order chi connectivity index (χ1) is 4.84. The molecule has 1 unspecified atom stereocenters. The average Bonchev–Trinajstić information content (AvgIpc) is 2.05. The first-order valence-electron chi connectivity index (χ1n) is 3.33. The van der Waals surface area contributed by atoms with E-state index in [4.69, 9.17) is 4.74 Å². The van der Waals surface area contributed by atoms with Crippen molar-refractivity contribution in [3.8, 4) is 0 Å². The third kappa shape index (κ3) is 1.68. The third-order valence-electron chi connectivity index (χ3n) is 1.56. The molecule has 1 atom stereocenters. The Hall–Kier alpha value is -0.610. The second-order valence-corrected chi connectivity index (χ2v) is 2.32. The number of carbonyl (C=O) groups is 1. The summed E-state index contributed by atoms with van der Waals surface area (Å²) in [4.78, 5) is 11.8. The highest BCUT2D eigenvalue weighted by Crippen LogP contribution is 1.94. The van der Waals surface area contributed by atoms with Gasteiger partial charge < -0.3 is 9.64 Å². The van der Waals surface area contributed by atoms with Crippen molar-refractivity contribution < 1.29 is 9.53 Å². The van der Waals surface area contributed by atoms with Crippen molar-refractivity contribution in [2.75, 3.05) is 26.8 Å². The van der Waals surface area contributed by atoms with E-state index in [0.29, 0.717) is 6.61 Å². The van der Waals surface area contributed by atoms with Gasteiger partial charge in [0.05, 0.1) is 13.2 Å². The predicted octanol–water partition coefficient (Wildman–Crippen LogP) is -0.979. The van der Waals surface area contributed by atoms with Crippen molar-refractivity contribution in [3.63, 3.8) is 0 Å². The highest BCUT2D eigenvalue weighted by atomic mass is 16.5. The molecule has 1 saturated heterocycles. The van der Waals surface area contributed by atoms with Crippen LogP contribution in [-0.2, 0) is 9.53 Å². The number of carbonyl (C=O) groups excluding carboxylic acids is 1. The molecule has 0 aliphatic carbocycles. The molecule has 0 aromatic carbocycles. The Kier molecular flexibility index (Phi) is 2.65. The molecule has 1 amide bonds. The minimum atomic E-state index is 0.0613. The lowest BCUT2D eigenvalue weighted by atomic mass is 10.4. The molecule has 1 aliphatic rings.